The molecule has 1 fully saturated rings. The minimum atomic E-state index is -0.480. The first-order valence-electron chi connectivity index (χ1n) is 8.28. The van der Waals surface area contributed by atoms with Gasteiger partial charge in [-0.3, -0.25) is 0 Å². The summed E-state index contributed by atoms with van der Waals surface area (Å²) in [4.78, 5) is 13.9. The lowest BCUT2D eigenvalue weighted by atomic mass is 10.1. The van der Waals surface area contributed by atoms with Crippen molar-refractivity contribution in [3.63, 3.8) is 0 Å². The first kappa shape index (κ1) is 17.5. The summed E-state index contributed by atoms with van der Waals surface area (Å²) in [6.07, 6.45) is 2.10. The topological polar surface area (TPSA) is 64.6 Å². The highest BCUT2D eigenvalue weighted by atomic mass is 19.1. The third kappa shape index (κ3) is 5.71. The van der Waals surface area contributed by atoms with Crippen molar-refractivity contribution in [3.05, 3.63) is 30.1 Å². The summed E-state index contributed by atoms with van der Waals surface area (Å²) in [5, 5.41) is 15.1. The summed E-state index contributed by atoms with van der Waals surface area (Å²) < 4.78 is 12.9. The molecule has 0 aliphatic carbocycles. The van der Waals surface area contributed by atoms with E-state index in [-0.39, 0.29) is 18.4 Å². The Morgan fingerprint density at radius 2 is 2.13 bits per heavy atom. The van der Waals surface area contributed by atoms with Gasteiger partial charge in [0.25, 0.3) is 0 Å². The van der Waals surface area contributed by atoms with E-state index in [4.69, 9.17) is 0 Å². The molecule has 1 heterocycles. The van der Waals surface area contributed by atoms with Crippen LogP contribution in [-0.2, 0) is 0 Å². The van der Waals surface area contributed by atoms with Crippen molar-refractivity contribution in [1.29, 1.82) is 0 Å². The Labute approximate surface area is 136 Å². The first-order valence-corrected chi connectivity index (χ1v) is 8.28. The zero-order valence-corrected chi connectivity index (χ0v) is 13.6. The number of rotatable bonds is 7. The van der Waals surface area contributed by atoms with E-state index in [9.17, 15) is 14.3 Å². The van der Waals surface area contributed by atoms with Crippen molar-refractivity contribution < 1.29 is 14.3 Å². The minimum Gasteiger partial charge on any atom is -0.391 e. The molecule has 0 saturated carbocycles. The molecule has 0 aromatic heterocycles. The number of nitrogens with zero attached hydrogens (tertiary/aromatic N) is 1. The van der Waals surface area contributed by atoms with Gasteiger partial charge in [0.15, 0.2) is 0 Å². The number of halogens is 1. The fraction of sp³-hybridized carbons (Fsp3) is 0.588. The van der Waals surface area contributed by atoms with Crippen molar-refractivity contribution in [2.24, 2.45) is 5.92 Å². The Morgan fingerprint density at radius 1 is 1.39 bits per heavy atom. The van der Waals surface area contributed by atoms with E-state index < -0.39 is 6.10 Å². The molecule has 0 spiro atoms. The largest absolute Gasteiger partial charge is 0.391 e. The molecule has 1 aromatic carbocycles. The van der Waals surface area contributed by atoms with Crippen LogP contribution in [0.25, 0.3) is 0 Å². The number of aliphatic hydroxyl groups is 1. The van der Waals surface area contributed by atoms with Gasteiger partial charge in [0.2, 0.25) is 0 Å². The lowest BCUT2D eigenvalue weighted by Crippen LogP contribution is -2.41. The standard InChI is InChI=1S/C17H26FN3O2/c1-2-3-16(22)11-20-17(23)19-10-13-8-9-21(12-13)15-6-4-14(18)5-7-15/h4-7,13,16,22H,2-3,8-12H2,1H3,(H2,19,20,23). The van der Waals surface area contributed by atoms with Gasteiger partial charge < -0.3 is 20.6 Å². The van der Waals surface area contributed by atoms with Crippen LogP contribution in [0.2, 0.25) is 0 Å². The zero-order chi connectivity index (χ0) is 16.7. The second-order valence-electron chi connectivity index (χ2n) is 6.11. The van der Waals surface area contributed by atoms with E-state index in [1.165, 1.54) is 12.1 Å². The van der Waals surface area contributed by atoms with Crippen LogP contribution in [0.5, 0.6) is 0 Å². The lowest BCUT2D eigenvalue weighted by molar-refractivity contribution is 0.160. The summed E-state index contributed by atoms with van der Waals surface area (Å²) >= 11 is 0. The molecule has 1 aromatic rings. The van der Waals surface area contributed by atoms with Crippen LogP contribution in [0.4, 0.5) is 14.9 Å². The molecule has 3 N–H and O–H groups in total. The molecule has 2 atom stereocenters. The van der Waals surface area contributed by atoms with Crippen LogP contribution < -0.4 is 15.5 Å². The van der Waals surface area contributed by atoms with E-state index in [1.807, 2.05) is 6.92 Å². The Balaban J connectivity index is 1.67. The second kappa shape index (κ2) is 8.72. The van der Waals surface area contributed by atoms with E-state index in [0.29, 0.717) is 18.9 Å². The summed E-state index contributed by atoms with van der Waals surface area (Å²) in [7, 11) is 0. The van der Waals surface area contributed by atoms with Crippen molar-refractivity contribution >= 4 is 11.7 Å². The molecule has 0 bridgehead atoms. The van der Waals surface area contributed by atoms with E-state index in [0.717, 1.165) is 31.6 Å². The van der Waals surface area contributed by atoms with Gasteiger partial charge in [-0.05, 0) is 43.0 Å². The van der Waals surface area contributed by atoms with Gasteiger partial charge in [-0.15, -0.1) is 0 Å². The molecular formula is C17H26FN3O2. The van der Waals surface area contributed by atoms with Gasteiger partial charge in [-0.25, -0.2) is 9.18 Å². The number of carbonyl (C=O) groups excluding carboxylic acids is 1. The first-order chi connectivity index (χ1) is 11.1. The quantitative estimate of drug-likeness (QED) is 0.720. The fourth-order valence-corrected chi connectivity index (χ4v) is 2.83. The molecule has 5 nitrogen and oxygen atoms in total. The Morgan fingerprint density at radius 3 is 2.83 bits per heavy atom. The summed E-state index contributed by atoms with van der Waals surface area (Å²) in [5.41, 5.74) is 1.01. The highest BCUT2D eigenvalue weighted by Gasteiger charge is 2.23. The number of hydrogen-bond acceptors (Lipinski definition) is 3. The highest BCUT2D eigenvalue weighted by molar-refractivity contribution is 5.73. The van der Waals surface area contributed by atoms with E-state index >= 15 is 0 Å². The third-order valence-corrected chi connectivity index (χ3v) is 4.15. The van der Waals surface area contributed by atoms with Crippen LogP contribution in [0.15, 0.2) is 24.3 Å². The molecule has 128 valence electrons. The maximum Gasteiger partial charge on any atom is 0.314 e. The zero-order valence-electron chi connectivity index (χ0n) is 13.6. The average Bonchev–Trinajstić information content (AvgIpc) is 3.01. The molecule has 1 aliphatic heterocycles. The molecule has 1 saturated heterocycles. The SMILES string of the molecule is CCCC(O)CNC(=O)NCC1CCN(c2ccc(F)cc2)C1. The maximum absolute atomic E-state index is 12.9. The Kier molecular flexibility index (Phi) is 6.65. The van der Waals surface area contributed by atoms with Gasteiger partial charge >= 0.3 is 6.03 Å². The van der Waals surface area contributed by atoms with Crippen LogP contribution in [-0.4, -0.2) is 43.4 Å². The van der Waals surface area contributed by atoms with Gasteiger partial charge in [-0.2, -0.15) is 0 Å². The van der Waals surface area contributed by atoms with Crippen molar-refractivity contribution in [2.75, 3.05) is 31.1 Å². The number of aliphatic hydroxyl groups excluding tert-OH is 1. The van der Waals surface area contributed by atoms with Crippen LogP contribution in [0.3, 0.4) is 0 Å². The average molecular weight is 323 g/mol. The Hall–Kier alpha value is -1.82. The number of anilines is 1. The summed E-state index contributed by atoms with van der Waals surface area (Å²) in [5.74, 6) is 0.152. The molecule has 23 heavy (non-hydrogen) atoms. The van der Waals surface area contributed by atoms with E-state index in [2.05, 4.69) is 15.5 Å². The molecule has 2 unspecified atom stereocenters. The van der Waals surface area contributed by atoms with Crippen molar-refractivity contribution in [1.82, 2.24) is 10.6 Å². The lowest BCUT2D eigenvalue weighted by Gasteiger charge is -2.19. The van der Waals surface area contributed by atoms with Gasteiger partial charge in [0.1, 0.15) is 5.82 Å². The number of benzene rings is 1. The minimum absolute atomic E-state index is 0.229. The molecule has 2 rings (SSSR count). The number of nitrogens with one attached hydrogen (secondary N) is 2. The van der Waals surface area contributed by atoms with Gasteiger partial charge in [0.05, 0.1) is 6.10 Å². The van der Waals surface area contributed by atoms with E-state index in [1.54, 1.807) is 12.1 Å². The molecule has 2 amide bonds. The molecule has 6 heteroatoms. The van der Waals surface area contributed by atoms with Crippen LogP contribution >= 0.6 is 0 Å². The van der Waals surface area contributed by atoms with Crippen molar-refractivity contribution in [2.45, 2.75) is 32.3 Å². The molecular weight excluding hydrogens is 297 g/mol. The third-order valence-electron chi connectivity index (χ3n) is 4.15. The monoisotopic (exact) mass is 323 g/mol. The summed E-state index contributed by atoms with van der Waals surface area (Å²) in [6, 6.07) is 6.27. The Bertz CT molecular complexity index is 495. The van der Waals surface area contributed by atoms with Crippen LogP contribution in [0.1, 0.15) is 26.2 Å². The normalized spacial score (nSPS) is 18.7. The van der Waals surface area contributed by atoms with Crippen LogP contribution in [0, 0.1) is 11.7 Å². The molecule has 1 aliphatic rings. The number of carbonyl (C=O) groups is 1. The number of hydrogen-bond donors (Lipinski definition) is 3. The highest BCUT2D eigenvalue weighted by Crippen LogP contribution is 2.23. The smallest absolute Gasteiger partial charge is 0.314 e. The van der Waals surface area contributed by atoms with Gasteiger partial charge in [0, 0.05) is 31.9 Å². The predicted molar refractivity (Wildman–Crippen MR) is 89.0 cm³/mol. The second-order valence-corrected chi connectivity index (χ2v) is 6.11. The number of amides is 2. The van der Waals surface area contributed by atoms with Gasteiger partial charge in [-0.1, -0.05) is 13.3 Å². The number of urea groups is 1. The fourth-order valence-electron chi connectivity index (χ4n) is 2.83. The van der Waals surface area contributed by atoms with Crippen molar-refractivity contribution in [3.8, 4) is 0 Å². The predicted octanol–water partition coefficient (Wildman–Crippen LogP) is 2.11. The molecule has 0 radical (unpaired) electrons. The summed E-state index contributed by atoms with van der Waals surface area (Å²) in [6.45, 7) is 4.65. The maximum atomic E-state index is 12.9.